The number of hydrogen-bond acceptors (Lipinski definition) is 7. The summed E-state index contributed by atoms with van der Waals surface area (Å²) in [6, 6.07) is 11.1. The first-order valence-corrected chi connectivity index (χ1v) is 9.33. The Morgan fingerprint density at radius 3 is 2.48 bits per heavy atom. The number of nitrogens with one attached hydrogen (secondary N) is 2. The smallest absolute Gasteiger partial charge is 0.322 e. The molecular formula is C21H15N5O5. The van der Waals surface area contributed by atoms with Crippen LogP contribution in [0.3, 0.4) is 0 Å². The molecule has 0 spiro atoms. The maximum absolute atomic E-state index is 12.2. The molecule has 3 aromatic rings. The van der Waals surface area contributed by atoms with Crippen LogP contribution in [0.25, 0.3) is 22.8 Å². The van der Waals surface area contributed by atoms with E-state index in [1.807, 2.05) is 0 Å². The number of carbonyl (C=O) groups is 4. The summed E-state index contributed by atoms with van der Waals surface area (Å²) in [5.41, 5.74) is 1.04. The highest BCUT2D eigenvalue weighted by Gasteiger charge is 2.43. The Kier molecular flexibility index (Phi) is 3.81. The number of hydrogen-bond donors (Lipinski definition) is 2. The summed E-state index contributed by atoms with van der Waals surface area (Å²) in [4.78, 5) is 53.5. The summed E-state index contributed by atoms with van der Waals surface area (Å²) in [6.45, 7) is 1.61. The standard InChI is InChI=1S/C21H15N5O5/c1-21(19(29)23-20(30)24-21)12-5-3-4-10(8-12)15-22-16(31-25-15)11-6-7-13-14(9-11)18(28)26(2)17(13)27/h3-9H,1-2H3,(H2,23,24,29,30). The van der Waals surface area contributed by atoms with E-state index >= 15 is 0 Å². The van der Waals surface area contributed by atoms with Crippen LogP contribution in [0.15, 0.2) is 47.0 Å². The molecule has 1 aromatic heterocycles. The van der Waals surface area contributed by atoms with Gasteiger partial charge in [0.15, 0.2) is 0 Å². The van der Waals surface area contributed by atoms with Crippen molar-refractivity contribution in [2.45, 2.75) is 12.5 Å². The molecule has 10 nitrogen and oxygen atoms in total. The van der Waals surface area contributed by atoms with Crippen molar-refractivity contribution in [2.24, 2.45) is 0 Å². The van der Waals surface area contributed by atoms with Gasteiger partial charge in [0.1, 0.15) is 5.54 Å². The molecule has 1 atom stereocenters. The van der Waals surface area contributed by atoms with Crippen LogP contribution in [0, 0.1) is 0 Å². The normalized spacial score (nSPS) is 20.1. The van der Waals surface area contributed by atoms with Gasteiger partial charge in [-0.15, -0.1) is 0 Å². The van der Waals surface area contributed by atoms with Crippen molar-refractivity contribution >= 4 is 23.8 Å². The molecule has 1 fully saturated rings. The molecule has 2 N–H and O–H groups in total. The predicted octanol–water partition coefficient (Wildman–Crippen LogP) is 1.68. The number of fused-ring (bicyclic) bond motifs is 1. The lowest BCUT2D eigenvalue weighted by Gasteiger charge is -2.21. The van der Waals surface area contributed by atoms with Crippen LogP contribution in [0.2, 0.25) is 0 Å². The number of carbonyl (C=O) groups excluding carboxylic acids is 4. The van der Waals surface area contributed by atoms with Gasteiger partial charge >= 0.3 is 6.03 Å². The van der Waals surface area contributed by atoms with Gasteiger partial charge in [-0.25, -0.2) is 4.79 Å². The molecule has 3 heterocycles. The van der Waals surface area contributed by atoms with Crippen molar-refractivity contribution in [3.05, 3.63) is 59.2 Å². The van der Waals surface area contributed by atoms with Gasteiger partial charge in [0.2, 0.25) is 5.82 Å². The lowest BCUT2D eigenvalue weighted by molar-refractivity contribution is -0.123. The van der Waals surface area contributed by atoms with Gasteiger partial charge in [0.25, 0.3) is 23.6 Å². The van der Waals surface area contributed by atoms with Gasteiger partial charge in [-0.1, -0.05) is 23.4 Å². The monoisotopic (exact) mass is 417 g/mol. The Hall–Kier alpha value is -4.34. The number of nitrogens with zero attached hydrogens (tertiary/aromatic N) is 3. The number of benzene rings is 2. The van der Waals surface area contributed by atoms with Crippen molar-refractivity contribution in [2.75, 3.05) is 7.05 Å². The fourth-order valence-corrected chi connectivity index (χ4v) is 3.67. The van der Waals surface area contributed by atoms with Crippen LogP contribution in [0.5, 0.6) is 0 Å². The average molecular weight is 417 g/mol. The first-order valence-electron chi connectivity index (χ1n) is 9.33. The lowest BCUT2D eigenvalue weighted by Crippen LogP contribution is -2.40. The molecule has 1 unspecified atom stereocenters. The van der Waals surface area contributed by atoms with Crippen molar-refractivity contribution in [1.82, 2.24) is 25.7 Å². The first kappa shape index (κ1) is 18.7. The summed E-state index contributed by atoms with van der Waals surface area (Å²) in [7, 11) is 1.43. The summed E-state index contributed by atoms with van der Waals surface area (Å²) in [5, 5.41) is 8.83. The predicted molar refractivity (Wildman–Crippen MR) is 106 cm³/mol. The number of aromatic nitrogens is 2. The van der Waals surface area contributed by atoms with E-state index in [0.29, 0.717) is 22.3 Å². The molecule has 0 aliphatic carbocycles. The zero-order chi connectivity index (χ0) is 21.9. The molecule has 2 aliphatic heterocycles. The average Bonchev–Trinajstić information content (AvgIpc) is 3.42. The highest BCUT2D eigenvalue weighted by molar-refractivity contribution is 6.21. The molecule has 5 amide bonds. The van der Waals surface area contributed by atoms with E-state index < -0.39 is 17.5 Å². The molecule has 31 heavy (non-hydrogen) atoms. The molecule has 1 saturated heterocycles. The second kappa shape index (κ2) is 6.33. The Labute approximate surface area is 175 Å². The van der Waals surface area contributed by atoms with Crippen LogP contribution in [-0.4, -0.2) is 45.8 Å². The fraction of sp³-hybridized carbons (Fsp3) is 0.143. The molecule has 0 saturated carbocycles. The highest BCUT2D eigenvalue weighted by atomic mass is 16.5. The maximum atomic E-state index is 12.2. The third kappa shape index (κ3) is 2.72. The second-order valence-corrected chi connectivity index (χ2v) is 7.47. The zero-order valence-electron chi connectivity index (χ0n) is 16.4. The molecule has 0 radical (unpaired) electrons. The van der Waals surface area contributed by atoms with E-state index in [0.717, 1.165) is 4.90 Å². The minimum Gasteiger partial charge on any atom is -0.334 e. The van der Waals surface area contributed by atoms with Crippen molar-refractivity contribution in [3.63, 3.8) is 0 Å². The van der Waals surface area contributed by atoms with E-state index in [1.54, 1.807) is 49.4 Å². The Balaban J connectivity index is 1.49. The van der Waals surface area contributed by atoms with Gasteiger partial charge in [-0.3, -0.25) is 24.6 Å². The van der Waals surface area contributed by atoms with E-state index in [2.05, 4.69) is 20.8 Å². The third-order valence-electron chi connectivity index (χ3n) is 5.51. The first-order chi connectivity index (χ1) is 14.8. The maximum Gasteiger partial charge on any atom is 0.322 e. The van der Waals surface area contributed by atoms with E-state index in [9.17, 15) is 19.2 Å². The molecule has 2 aromatic carbocycles. The number of urea groups is 1. The van der Waals surface area contributed by atoms with Crippen LogP contribution < -0.4 is 10.6 Å². The minimum atomic E-state index is -1.21. The summed E-state index contributed by atoms with van der Waals surface area (Å²) in [6.07, 6.45) is 0. The second-order valence-electron chi connectivity index (χ2n) is 7.47. The van der Waals surface area contributed by atoms with Gasteiger partial charge in [0, 0.05) is 18.2 Å². The van der Waals surface area contributed by atoms with Crippen LogP contribution in [0.1, 0.15) is 33.2 Å². The van der Waals surface area contributed by atoms with Gasteiger partial charge in [0.05, 0.1) is 11.1 Å². The molecule has 5 rings (SSSR count). The number of imide groups is 2. The molecule has 10 heteroatoms. The van der Waals surface area contributed by atoms with E-state index in [-0.39, 0.29) is 29.1 Å². The topological polar surface area (TPSA) is 134 Å². The van der Waals surface area contributed by atoms with Crippen LogP contribution in [0.4, 0.5) is 4.79 Å². The van der Waals surface area contributed by atoms with Gasteiger partial charge < -0.3 is 9.84 Å². The van der Waals surface area contributed by atoms with Gasteiger partial charge in [-0.05, 0) is 36.8 Å². The third-order valence-corrected chi connectivity index (χ3v) is 5.51. The van der Waals surface area contributed by atoms with E-state index in [4.69, 9.17) is 4.52 Å². The Bertz CT molecular complexity index is 1310. The summed E-state index contributed by atoms with van der Waals surface area (Å²) >= 11 is 0. The summed E-state index contributed by atoms with van der Waals surface area (Å²) in [5.74, 6) is -0.752. The quantitative estimate of drug-likeness (QED) is 0.489. The van der Waals surface area contributed by atoms with Crippen molar-refractivity contribution < 1.29 is 23.7 Å². The van der Waals surface area contributed by atoms with E-state index in [1.165, 1.54) is 7.05 Å². The van der Waals surface area contributed by atoms with Gasteiger partial charge in [-0.2, -0.15) is 4.98 Å². The molecule has 154 valence electrons. The van der Waals surface area contributed by atoms with Crippen molar-refractivity contribution in [3.8, 4) is 22.8 Å². The molecular weight excluding hydrogens is 402 g/mol. The fourth-order valence-electron chi connectivity index (χ4n) is 3.67. The summed E-state index contributed by atoms with van der Waals surface area (Å²) < 4.78 is 5.36. The minimum absolute atomic E-state index is 0.177. The lowest BCUT2D eigenvalue weighted by atomic mass is 9.91. The highest BCUT2D eigenvalue weighted by Crippen LogP contribution is 2.30. The Morgan fingerprint density at radius 2 is 1.74 bits per heavy atom. The molecule has 2 aliphatic rings. The van der Waals surface area contributed by atoms with Crippen LogP contribution >= 0.6 is 0 Å². The Morgan fingerprint density at radius 1 is 0.968 bits per heavy atom. The van der Waals surface area contributed by atoms with Crippen LogP contribution in [-0.2, 0) is 10.3 Å². The zero-order valence-corrected chi connectivity index (χ0v) is 16.4. The number of rotatable bonds is 3. The van der Waals surface area contributed by atoms with Crippen molar-refractivity contribution in [1.29, 1.82) is 0 Å². The number of amides is 5. The SMILES string of the molecule is CN1C(=O)c2ccc(-c3nc(-c4cccc(C5(C)NC(=O)NC5=O)c4)no3)cc2C1=O. The largest absolute Gasteiger partial charge is 0.334 e. The molecule has 0 bridgehead atoms.